The van der Waals surface area contributed by atoms with E-state index in [1.54, 1.807) is 29.4 Å². The molecule has 0 fully saturated rings. The minimum absolute atomic E-state index is 0.256. The molecule has 1 aromatic carbocycles. The molecule has 20 heavy (non-hydrogen) atoms. The number of nitrogens with two attached hydrogens (primary N) is 1. The number of halogens is 4. The van der Waals surface area contributed by atoms with Gasteiger partial charge in [0, 0.05) is 23.3 Å². The van der Waals surface area contributed by atoms with Gasteiger partial charge in [-0.25, -0.2) is 0 Å². The highest BCUT2D eigenvalue weighted by molar-refractivity contribution is 9.11. The summed E-state index contributed by atoms with van der Waals surface area (Å²) in [5, 5.41) is 0. The van der Waals surface area contributed by atoms with Gasteiger partial charge in [0.2, 0.25) is 0 Å². The molecule has 0 radical (unpaired) electrons. The fraction of sp³-hybridized carbons (Fsp3) is 0.231. The maximum atomic E-state index is 12.8. The third kappa shape index (κ3) is 3.46. The van der Waals surface area contributed by atoms with Crippen molar-refractivity contribution in [3.05, 3.63) is 44.6 Å². The molecular formula is C13H12BrF3N2S. The van der Waals surface area contributed by atoms with Gasteiger partial charge in [-0.2, -0.15) is 13.2 Å². The van der Waals surface area contributed by atoms with Crippen LogP contribution in [0.1, 0.15) is 10.4 Å². The van der Waals surface area contributed by atoms with Crippen molar-refractivity contribution >= 4 is 38.6 Å². The van der Waals surface area contributed by atoms with Crippen LogP contribution in [0.2, 0.25) is 0 Å². The summed E-state index contributed by atoms with van der Waals surface area (Å²) in [6.45, 7) is 0.539. The largest absolute Gasteiger partial charge is 0.418 e. The first-order valence-electron chi connectivity index (χ1n) is 5.69. The molecule has 108 valence electrons. The van der Waals surface area contributed by atoms with Crippen LogP contribution in [0.3, 0.4) is 0 Å². The van der Waals surface area contributed by atoms with E-state index in [0.717, 1.165) is 14.7 Å². The Balaban J connectivity index is 2.24. The van der Waals surface area contributed by atoms with Crippen molar-refractivity contribution < 1.29 is 13.2 Å². The number of thiophene rings is 1. The Morgan fingerprint density at radius 1 is 1.25 bits per heavy atom. The molecule has 0 saturated heterocycles. The number of nitrogens with zero attached hydrogens (tertiary/aromatic N) is 1. The Bertz CT molecular complexity index is 610. The average molecular weight is 365 g/mol. The van der Waals surface area contributed by atoms with Gasteiger partial charge < -0.3 is 10.6 Å². The molecule has 1 aromatic heterocycles. The standard InChI is InChI=1S/C13H12BrF3N2S/c1-19(7-9-3-5-12(14)20-9)8-2-4-11(18)10(6-8)13(15,16)17/h2-6H,7,18H2,1H3. The lowest BCUT2D eigenvalue weighted by molar-refractivity contribution is -0.136. The van der Waals surface area contributed by atoms with Crippen LogP contribution >= 0.6 is 27.3 Å². The van der Waals surface area contributed by atoms with Crippen LogP contribution in [-0.2, 0) is 12.7 Å². The number of benzene rings is 1. The van der Waals surface area contributed by atoms with Gasteiger partial charge in [-0.1, -0.05) is 0 Å². The fourth-order valence-corrected chi connectivity index (χ4v) is 3.33. The minimum Gasteiger partial charge on any atom is -0.398 e. The van der Waals surface area contributed by atoms with E-state index in [1.807, 2.05) is 12.1 Å². The summed E-state index contributed by atoms with van der Waals surface area (Å²) in [6.07, 6.45) is -4.44. The van der Waals surface area contributed by atoms with Crippen molar-refractivity contribution in [1.82, 2.24) is 0 Å². The summed E-state index contributed by atoms with van der Waals surface area (Å²) < 4.78 is 39.5. The van der Waals surface area contributed by atoms with Crippen molar-refractivity contribution in [1.29, 1.82) is 0 Å². The molecule has 0 aliphatic heterocycles. The van der Waals surface area contributed by atoms with Crippen LogP contribution in [0, 0.1) is 0 Å². The molecule has 0 amide bonds. The van der Waals surface area contributed by atoms with Crippen molar-refractivity contribution in [2.24, 2.45) is 0 Å². The normalized spacial score (nSPS) is 11.7. The number of hydrogen-bond donors (Lipinski definition) is 1. The Labute approximate surface area is 127 Å². The van der Waals surface area contributed by atoms with E-state index in [2.05, 4.69) is 15.9 Å². The third-order valence-corrected chi connectivity index (χ3v) is 4.41. The second kappa shape index (κ2) is 5.65. The van der Waals surface area contributed by atoms with E-state index < -0.39 is 11.7 Å². The number of anilines is 2. The first-order chi connectivity index (χ1) is 9.27. The van der Waals surface area contributed by atoms with Crippen molar-refractivity contribution in [3.63, 3.8) is 0 Å². The summed E-state index contributed by atoms with van der Waals surface area (Å²) in [5.74, 6) is 0. The average Bonchev–Trinajstić information content (AvgIpc) is 2.73. The van der Waals surface area contributed by atoms with E-state index in [4.69, 9.17) is 5.73 Å². The quantitative estimate of drug-likeness (QED) is 0.796. The maximum Gasteiger partial charge on any atom is 0.418 e. The molecule has 2 aromatic rings. The predicted octanol–water partition coefficient (Wildman–Crippen LogP) is 4.75. The van der Waals surface area contributed by atoms with Gasteiger partial charge in [0.1, 0.15) is 0 Å². The molecule has 2 N–H and O–H groups in total. The van der Waals surface area contributed by atoms with Gasteiger partial charge >= 0.3 is 6.18 Å². The molecule has 1 heterocycles. The lowest BCUT2D eigenvalue weighted by atomic mass is 10.1. The molecular weight excluding hydrogens is 353 g/mol. The third-order valence-electron chi connectivity index (χ3n) is 2.80. The number of rotatable bonds is 3. The fourth-order valence-electron chi connectivity index (χ4n) is 1.79. The van der Waals surface area contributed by atoms with Crippen LogP contribution in [0.25, 0.3) is 0 Å². The SMILES string of the molecule is CN(Cc1ccc(Br)s1)c1ccc(N)c(C(F)(F)F)c1. The molecule has 0 aliphatic carbocycles. The molecule has 0 bridgehead atoms. The zero-order valence-electron chi connectivity index (χ0n) is 10.5. The number of alkyl halides is 3. The van der Waals surface area contributed by atoms with Crippen LogP contribution in [0.4, 0.5) is 24.5 Å². The smallest absolute Gasteiger partial charge is 0.398 e. The van der Waals surface area contributed by atoms with Crippen LogP contribution in [-0.4, -0.2) is 7.05 Å². The van der Waals surface area contributed by atoms with Gasteiger partial charge in [-0.05, 0) is 46.3 Å². The predicted molar refractivity (Wildman–Crippen MR) is 80.0 cm³/mol. The van der Waals surface area contributed by atoms with E-state index in [9.17, 15) is 13.2 Å². The highest BCUT2D eigenvalue weighted by Crippen LogP contribution is 2.36. The Kier molecular flexibility index (Phi) is 4.29. The molecule has 2 rings (SSSR count). The van der Waals surface area contributed by atoms with Crippen LogP contribution in [0.15, 0.2) is 34.1 Å². The first-order valence-corrected chi connectivity index (χ1v) is 7.30. The van der Waals surface area contributed by atoms with Crippen molar-refractivity contribution in [2.45, 2.75) is 12.7 Å². The molecule has 0 spiro atoms. The van der Waals surface area contributed by atoms with E-state index in [-0.39, 0.29) is 5.69 Å². The lowest BCUT2D eigenvalue weighted by Crippen LogP contribution is -2.17. The maximum absolute atomic E-state index is 12.8. The summed E-state index contributed by atoms with van der Waals surface area (Å²) in [5.41, 5.74) is 4.82. The molecule has 0 aliphatic rings. The zero-order valence-corrected chi connectivity index (χ0v) is 12.9. The van der Waals surface area contributed by atoms with Gasteiger partial charge in [0.05, 0.1) is 15.9 Å². The Hall–Kier alpha value is -1.21. The second-order valence-corrected chi connectivity index (χ2v) is 6.88. The monoisotopic (exact) mass is 364 g/mol. The minimum atomic E-state index is -4.44. The van der Waals surface area contributed by atoms with Gasteiger partial charge in [-0.3, -0.25) is 0 Å². The van der Waals surface area contributed by atoms with Gasteiger partial charge in [0.15, 0.2) is 0 Å². The Morgan fingerprint density at radius 2 is 1.95 bits per heavy atom. The molecule has 2 nitrogen and oxygen atoms in total. The summed E-state index contributed by atoms with van der Waals surface area (Å²) in [7, 11) is 1.75. The number of hydrogen-bond acceptors (Lipinski definition) is 3. The topological polar surface area (TPSA) is 29.3 Å². The van der Waals surface area contributed by atoms with Crippen LogP contribution in [0.5, 0.6) is 0 Å². The number of nitrogen functional groups attached to an aromatic ring is 1. The summed E-state index contributed by atoms with van der Waals surface area (Å²) in [6, 6.07) is 7.81. The van der Waals surface area contributed by atoms with E-state index in [1.165, 1.54) is 6.07 Å². The summed E-state index contributed by atoms with van der Waals surface area (Å²) in [4.78, 5) is 2.82. The molecule has 0 saturated carbocycles. The highest BCUT2D eigenvalue weighted by Gasteiger charge is 2.33. The van der Waals surface area contributed by atoms with E-state index >= 15 is 0 Å². The van der Waals surface area contributed by atoms with Crippen LogP contribution < -0.4 is 10.6 Å². The zero-order chi connectivity index (χ0) is 14.9. The van der Waals surface area contributed by atoms with Gasteiger partial charge in [-0.15, -0.1) is 11.3 Å². The molecule has 0 unspecified atom stereocenters. The van der Waals surface area contributed by atoms with Gasteiger partial charge in [0.25, 0.3) is 0 Å². The molecule has 7 heteroatoms. The second-order valence-electron chi connectivity index (χ2n) is 4.33. The molecule has 0 atom stereocenters. The lowest BCUT2D eigenvalue weighted by Gasteiger charge is -2.20. The highest BCUT2D eigenvalue weighted by atomic mass is 79.9. The Morgan fingerprint density at radius 3 is 2.50 bits per heavy atom. The van der Waals surface area contributed by atoms with Crippen molar-refractivity contribution in [2.75, 3.05) is 17.7 Å². The van der Waals surface area contributed by atoms with Crippen molar-refractivity contribution in [3.8, 4) is 0 Å². The first kappa shape index (κ1) is 15.2. The van der Waals surface area contributed by atoms with E-state index in [0.29, 0.717) is 12.2 Å². The summed E-state index contributed by atoms with van der Waals surface area (Å²) >= 11 is 4.91.